The molecule has 0 spiro atoms. The van der Waals surface area contributed by atoms with Gasteiger partial charge in [-0.3, -0.25) is 4.98 Å². The molecule has 1 saturated carbocycles. The van der Waals surface area contributed by atoms with Crippen LogP contribution in [0.1, 0.15) is 61.1 Å². The maximum Gasteiger partial charge on any atom is 0.170 e. The maximum atomic E-state index is 5.91. The molecule has 4 nitrogen and oxygen atoms in total. The quantitative estimate of drug-likeness (QED) is 0.571. The van der Waals surface area contributed by atoms with Crippen LogP contribution >= 0.6 is 12.2 Å². The number of rotatable bonds is 4. The number of aromatic nitrogens is 2. The van der Waals surface area contributed by atoms with Crippen molar-refractivity contribution in [2.24, 2.45) is 0 Å². The first-order valence-corrected chi connectivity index (χ1v) is 11.4. The number of hydrogen-bond acceptors (Lipinski definition) is 2. The van der Waals surface area contributed by atoms with Crippen LogP contribution in [0.25, 0.3) is 5.69 Å². The van der Waals surface area contributed by atoms with E-state index in [2.05, 4.69) is 76.4 Å². The van der Waals surface area contributed by atoms with Gasteiger partial charge in [-0.05, 0) is 67.9 Å². The second kappa shape index (κ2) is 8.23. The third-order valence-electron chi connectivity index (χ3n) is 6.56. The number of nitrogens with one attached hydrogen (secondary N) is 1. The second-order valence-corrected chi connectivity index (χ2v) is 8.80. The van der Waals surface area contributed by atoms with Gasteiger partial charge >= 0.3 is 0 Å². The highest BCUT2D eigenvalue weighted by Crippen LogP contribution is 2.43. The van der Waals surface area contributed by atoms with Crippen molar-refractivity contribution in [1.82, 2.24) is 19.8 Å². The highest BCUT2D eigenvalue weighted by Gasteiger charge is 2.44. The van der Waals surface area contributed by atoms with E-state index in [-0.39, 0.29) is 12.1 Å². The molecule has 0 bridgehead atoms. The lowest BCUT2D eigenvalue weighted by Gasteiger charge is -2.37. The standard InChI is InChI=1S/C25H28N4S/c1-18-10-5-6-14-21(18)28-17-9-15-22(28)24-23(20-13-7-8-16-26-20)27-25(30)29(24)19-11-3-2-4-12-19/h5-10,13-17,19,23-24H,2-4,11-12H2,1H3,(H,27,30)/t23-,24-/m1/s1. The summed E-state index contributed by atoms with van der Waals surface area (Å²) in [6.07, 6.45) is 10.4. The van der Waals surface area contributed by atoms with Gasteiger partial charge in [0, 0.05) is 29.8 Å². The number of aryl methyl sites for hydroxylation is 1. The largest absolute Gasteiger partial charge is 0.352 e. The summed E-state index contributed by atoms with van der Waals surface area (Å²) in [6, 6.07) is 19.8. The lowest BCUT2D eigenvalue weighted by Crippen LogP contribution is -2.40. The minimum atomic E-state index is 0.0401. The molecule has 5 heteroatoms. The van der Waals surface area contributed by atoms with E-state index in [0.717, 1.165) is 10.8 Å². The Labute approximate surface area is 183 Å². The van der Waals surface area contributed by atoms with Crippen LogP contribution in [0.2, 0.25) is 0 Å². The molecule has 2 aliphatic rings. The summed E-state index contributed by atoms with van der Waals surface area (Å²) >= 11 is 5.91. The number of pyridine rings is 1. The minimum Gasteiger partial charge on any atom is -0.352 e. The van der Waals surface area contributed by atoms with Crippen LogP contribution < -0.4 is 5.32 Å². The molecule has 2 atom stereocenters. The van der Waals surface area contributed by atoms with Crippen LogP contribution in [0.15, 0.2) is 67.0 Å². The summed E-state index contributed by atoms with van der Waals surface area (Å²) in [5.74, 6) is 0. The Morgan fingerprint density at radius 2 is 1.77 bits per heavy atom. The van der Waals surface area contributed by atoms with Gasteiger partial charge in [0.2, 0.25) is 0 Å². The third kappa shape index (κ3) is 3.41. The molecule has 0 amide bonds. The molecular weight excluding hydrogens is 388 g/mol. The number of hydrogen-bond donors (Lipinski definition) is 1. The molecule has 1 N–H and O–H groups in total. The van der Waals surface area contributed by atoms with Crippen molar-refractivity contribution in [3.8, 4) is 5.69 Å². The number of benzene rings is 1. The summed E-state index contributed by atoms with van der Waals surface area (Å²) in [5.41, 5.74) is 4.79. The molecule has 0 radical (unpaired) electrons. The summed E-state index contributed by atoms with van der Waals surface area (Å²) in [5, 5.41) is 4.49. The predicted molar refractivity (Wildman–Crippen MR) is 125 cm³/mol. The highest BCUT2D eigenvalue weighted by molar-refractivity contribution is 7.80. The Kier molecular flexibility index (Phi) is 5.30. The van der Waals surface area contributed by atoms with E-state index in [9.17, 15) is 0 Å². The molecule has 1 aromatic carbocycles. The molecular formula is C25H28N4S. The van der Waals surface area contributed by atoms with Crippen molar-refractivity contribution in [3.63, 3.8) is 0 Å². The van der Waals surface area contributed by atoms with Crippen LogP contribution in [-0.4, -0.2) is 25.6 Å². The highest BCUT2D eigenvalue weighted by atomic mass is 32.1. The van der Waals surface area contributed by atoms with Crippen molar-refractivity contribution >= 4 is 17.3 Å². The molecule has 2 fully saturated rings. The first kappa shape index (κ1) is 19.3. The monoisotopic (exact) mass is 416 g/mol. The van der Waals surface area contributed by atoms with Crippen molar-refractivity contribution in [2.45, 2.75) is 57.2 Å². The molecule has 3 aromatic rings. The van der Waals surface area contributed by atoms with Gasteiger partial charge in [0.05, 0.1) is 17.8 Å². The summed E-state index contributed by atoms with van der Waals surface area (Å²) in [7, 11) is 0. The lowest BCUT2D eigenvalue weighted by molar-refractivity contribution is 0.193. The molecule has 2 aromatic heterocycles. The molecule has 154 valence electrons. The Bertz CT molecular complexity index is 1020. The molecule has 0 unspecified atom stereocenters. The van der Waals surface area contributed by atoms with E-state index in [1.807, 2.05) is 12.3 Å². The summed E-state index contributed by atoms with van der Waals surface area (Å²) in [4.78, 5) is 7.18. The first-order chi connectivity index (χ1) is 14.7. The molecule has 1 saturated heterocycles. The second-order valence-electron chi connectivity index (χ2n) is 8.42. The van der Waals surface area contributed by atoms with Crippen molar-refractivity contribution in [1.29, 1.82) is 0 Å². The Hall–Kier alpha value is -2.66. The molecule has 1 aliphatic heterocycles. The predicted octanol–water partition coefficient (Wildman–Crippen LogP) is 5.49. The SMILES string of the molecule is Cc1ccccc1-n1cccc1[C@@H]1[C@@H](c2ccccn2)NC(=S)N1C1CCCCC1. The molecule has 5 rings (SSSR count). The maximum absolute atomic E-state index is 5.91. The number of thiocarbonyl (C=S) groups is 1. The van der Waals surface area contributed by atoms with E-state index < -0.39 is 0 Å². The Balaban J connectivity index is 1.62. The van der Waals surface area contributed by atoms with Crippen molar-refractivity contribution in [3.05, 3.63) is 83.9 Å². The molecule has 30 heavy (non-hydrogen) atoms. The van der Waals surface area contributed by atoms with Crippen molar-refractivity contribution in [2.75, 3.05) is 0 Å². The van der Waals surface area contributed by atoms with Gasteiger partial charge in [-0.15, -0.1) is 0 Å². The van der Waals surface area contributed by atoms with Crippen LogP contribution in [0, 0.1) is 6.92 Å². The smallest absolute Gasteiger partial charge is 0.170 e. The van der Waals surface area contributed by atoms with E-state index in [0.29, 0.717) is 6.04 Å². The van der Waals surface area contributed by atoms with Gasteiger partial charge in [0.25, 0.3) is 0 Å². The van der Waals surface area contributed by atoms with E-state index in [1.165, 1.54) is 49.0 Å². The van der Waals surface area contributed by atoms with Crippen LogP contribution in [0.4, 0.5) is 0 Å². The molecule has 3 heterocycles. The average molecular weight is 417 g/mol. The van der Waals surface area contributed by atoms with Gasteiger partial charge in [0.15, 0.2) is 5.11 Å². The normalized spacial score (nSPS) is 22.3. The van der Waals surface area contributed by atoms with E-state index in [1.54, 1.807) is 0 Å². The van der Waals surface area contributed by atoms with Gasteiger partial charge in [0.1, 0.15) is 0 Å². The average Bonchev–Trinajstić information content (AvgIpc) is 3.39. The summed E-state index contributed by atoms with van der Waals surface area (Å²) < 4.78 is 2.33. The fourth-order valence-corrected chi connectivity index (χ4v) is 5.51. The topological polar surface area (TPSA) is 33.1 Å². The fraction of sp³-hybridized carbons (Fsp3) is 0.360. The minimum absolute atomic E-state index is 0.0401. The van der Waals surface area contributed by atoms with E-state index in [4.69, 9.17) is 17.2 Å². The third-order valence-corrected chi connectivity index (χ3v) is 6.89. The first-order valence-electron chi connectivity index (χ1n) is 11.0. The van der Waals surface area contributed by atoms with Gasteiger partial charge in [-0.2, -0.15) is 0 Å². The zero-order chi connectivity index (χ0) is 20.5. The lowest BCUT2D eigenvalue weighted by atomic mass is 9.91. The number of para-hydroxylation sites is 1. The van der Waals surface area contributed by atoms with Crippen LogP contribution in [0.3, 0.4) is 0 Å². The number of nitrogens with zero attached hydrogens (tertiary/aromatic N) is 3. The van der Waals surface area contributed by atoms with Crippen LogP contribution in [0.5, 0.6) is 0 Å². The van der Waals surface area contributed by atoms with E-state index >= 15 is 0 Å². The van der Waals surface area contributed by atoms with Gasteiger partial charge in [-0.25, -0.2) is 0 Å². The Morgan fingerprint density at radius 1 is 0.967 bits per heavy atom. The zero-order valence-corrected chi connectivity index (χ0v) is 18.2. The Morgan fingerprint density at radius 3 is 2.53 bits per heavy atom. The zero-order valence-electron chi connectivity index (χ0n) is 17.4. The van der Waals surface area contributed by atoms with Crippen molar-refractivity contribution < 1.29 is 0 Å². The molecule has 1 aliphatic carbocycles. The summed E-state index contributed by atoms with van der Waals surface area (Å²) in [6.45, 7) is 2.17. The fourth-order valence-electron chi connectivity index (χ4n) is 5.12. The van der Waals surface area contributed by atoms with Gasteiger partial charge in [-0.1, -0.05) is 43.5 Å². The van der Waals surface area contributed by atoms with Gasteiger partial charge < -0.3 is 14.8 Å². The van der Waals surface area contributed by atoms with Crippen LogP contribution in [-0.2, 0) is 0 Å².